The number of carbonyl (C=O) groups is 1. The van der Waals surface area contributed by atoms with Gasteiger partial charge in [-0.1, -0.05) is 35.3 Å². The lowest BCUT2D eigenvalue weighted by Crippen LogP contribution is -2.42. The van der Waals surface area contributed by atoms with Gasteiger partial charge in [-0.2, -0.15) is 5.10 Å². The van der Waals surface area contributed by atoms with Gasteiger partial charge in [0.15, 0.2) is 5.69 Å². The standard InChI is InChI=1S/C20H18Cl2N4O/c1-13-11-16(23-26(13)17-8-7-14(21)12-15(17)22)20(27)25-10-9-24(2)18-5-3-4-6-19(18)25/h3-8,11-12H,9-10H2,1-2H3. The van der Waals surface area contributed by atoms with Crippen molar-refractivity contribution in [3.8, 4) is 5.69 Å². The van der Waals surface area contributed by atoms with Crippen LogP contribution >= 0.6 is 23.2 Å². The molecule has 2 heterocycles. The lowest BCUT2D eigenvalue weighted by atomic mass is 10.1. The number of aryl methyl sites for hydroxylation is 1. The Balaban J connectivity index is 1.71. The van der Waals surface area contributed by atoms with Crippen LogP contribution in [0.15, 0.2) is 48.5 Å². The van der Waals surface area contributed by atoms with E-state index in [-0.39, 0.29) is 5.91 Å². The Morgan fingerprint density at radius 1 is 1.00 bits per heavy atom. The summed E-state index contributed by atoms with van der Waals surface area (Å²) < 4.78 is 1.67. The third-order valence-electron chi connectivity index (χ3n) is 4.73. The molecule has 0 aliphatic carbocycles. The number of amides is 1. The number of anilines is 2. The smallest absolute Gasteiger partial charge is 0.278 e. The summed E-state index contributed by atoms with van der Waals surface area (Å²) in [6.45, 7) is 3.28. The zero-order valence-corrected chi connectivity index (χ0v) is 16.5. The summed E-state index contributed by atoms with van der Waals surface area (Å²) in [5.41, 5.74) is 3.83. The quantitative estimate of drug-likeness (QED) is 0.631. The number of hydrogen-bond donors (Lipinski definition) is 0. The van der Waals surface area contributed by atoms with Gasteiger partial charge in [-0.25, -0.2) is 4.68 Å². The number of nitrogens with zero attached hydrogens (tertiary/aromatic N) is 4. The molecule has 5 nitrogen and oxygen atoms in total. The highest BCUT2D eigenvalue weighted by Gasteiger charge is 2.27. The van der Waals surface area contributed by atoms with Crippen LogP contribution in [0.25, 0.3) is 5.69 Å². The third kappa shape index (κ3) is 3.17. The molecule has 2 aromatic carbocycles. The molecule has 0 atom stereocenters. The van der Waals surface area contributed by atoms with Crippen molar-refractivity contribution in [2.24, 2.45) is 0 Å². The molecule has 1 aliphatic heterocycles. The zero-order valence-electron chi connectivity index (χ0n) is 15.0. The average Bonchev–Trinajstić information content (AvgIpc) is 3.03. The first kappa shape index (κ1) is 17.9. The number of fused-ring (bicyclic) bond motifs is 1. The van der Waals surface area contributed by atoms with E-state index in [1.165, 1.54) is 0 Å². The van der Waals surface area contributed by atoms with Crippen molar-refractivity contribution in [3.63, 3.8) is 0 Å². The summed E-state index contributed by atoms with van der Waals surface area (Å²) in [6, 6.07) is 14.9. The van der Waals surface area contributed by atoms with Crippen molar-refractivity contribution < 1.29 is 4.79 Å². The Kier molecular flexibility index (Phi) is 4.58. The number of aromatic nitrogens is 2. The Labute approximate surface area is 167 Å². The zero-order chi connectivity index (χ0) is 19.1. The second-order valence-electron chi connectivity index (χ2n) is 6.55. The highest BCUT2D eigenvalue weighted by Crippen LogP contribution is 2.33. The van der Waals surface area contributed by atoms with Gasteiger partial charge < -0.3 is 9.80 Å². The van der Waals surface area contributed by atoms with Crippen molar-refractivity contribution in [2.75, 3.05) is 29.9 Å². The molecular weight excluding hydrogens is 383 g/mol. The van der Waals surface area contributed by atoms with Crippen LogP contribution in [0.5, 0.6) is 0 Å². The minimum absolute atomic E-state index is 0.123. The molecular formula is C20H18Cl2N4O. The molecule has 0 radical (unpaired) electrons. The molecule has 0 N–H and O–H groups in total. The molecule has 1 amide bonds. The molecule has 0 saturated heterocycles. The first-order chi connectivity index (χ1) is 13.0. The van der Waals surface area contributed by atoms with E-state index in [1.807, 2.05) is 38.2 Å². The van der Waals surface area contributed by atoms with Gasteiger partial charge in [0.25, 0.3) is 5.91 Å². The molecule has 27 heavy (non-hydrogen) atoms. The Morgan fingerprint density at radius 3 is 2.48 bits per heavy atom. The van der Waals surface area contributed by atoms with Crippen molar-refractivity contribution in [1.29, 1.82) is 0 Å². The number of rotatable bonds is 2. The number of hydrogen-bond acceptors (Lipinski definition) is 3. The second kappa shape index (κ2) is 6.91. The maximum atomic E-state index is 13.2. The summed E-state index contributed by atoms with van der Waals surface area (Å²) in [5.74, 6) is -0.123. The number of halogens is 2. The van der Waals surface area contributed by atoms with E-state index in [0.29, 0.717) is 28.0 Å². The molecule has 1 aliphatic rings. The predicted molar refractivity (Wildman–Crippen MR) is 110 cm³/mol. The van der Waals surface area contributed by atoms with Crippen LogP contribution in [-0.4, -0.2) is 35.8 Å². The van der Waals surface area contributed by atoms with Crippen molar-refractivity contribution in [1.82, 2.24) is 9.78 Å². The van der Waals surface area contributed by atoms with E-state index in [0.717, 1.165) is 23.6 Å². The fraction of sp³-hybridized carbons (Fsp3) is 0.200. The first-order valence-electron chi connectivity index (χ1n) is 8.60. The van der Waals surface area contributed by atoms with E-state index >= 15 is 0 Å². The number of likely N-dealkylation sites (N-methyl/N-ethyl adjacent to an activating group) is 1. The molecule has 138 valence electrons. The Hall–Kier alpha value is -2.50. The molecule has 0 fully saturated rings. The van der Waals surface area contributed by atoms with Gasteiger partial charge in [0.2, 0.25) is 0 Å². The normalized spacial score (nSPS) is 13.6. The molecule has 0 bridgehead atoms. The van der Waals surface area contributed by atoms with Gasteiger partial charge >= 0.3 is 0 Å². The monoisotopic (exact) mass is 400 g/mol. The van der Waals surface area contributed by atoms with Gasteiger partial charge in [-0.15, -0.1) is 0 Å². The fourth-order valence-corrected chi connectivity index (χ4v) is 3.82. The summed E-state index contributed by atoms with van der Waals surface area (Å²) in [6.07, 6.45) is 0. The summed E-state index contributed by atoms with van der Waals surface area (Å²) in [7, 11) is 2.03. The van der Waals surface area contributed by atoms with Crippen molar-refractivity contribution in [2.45, 2.75) is 6.92 Å². The van der Waals surface area contributed by atoms with Crippen LogP contribution in [0.2, 0.25) is 10.0 Å². The van der Waals surface area contributed by atoms with Crippen LogP contribution in [0.4, 0.5) is 11.4 Å². The molecule has 1 aromatic heterocycles. The van der Waals surface area contributed by atoms with Gasteiger partial charge in [0.05, 0.1) is 22.1 Å². The van der Waals surface area contributed by atoms with Gasteiger partial charge in [-0.3, -0.25) is 4.79 Å². The van der Waals surface area contributed by atoms with Crippen LogP contribution < -0.4 is 9.80 Å². The summed E-state index contributed by atoms with van der Waals surface area (Å²) >= 11 is 12.3. The lowest BCUT2D eigenvalue weighted by molar-refractivity contribution is 0.0981. The largest absolute Gasteiger partial charge is 0.371 e. The van der Waals surface area contributed by atoms with Crippen LogP contribution in [0.1, 0.15) is 16.2 Å². The van der Waals surface area contributed by atoms with E-state index in [2.05, 4.69) is 10.00 Å². The maximum absolute atomic E-state index is 13.2. The van der Waals surface area contributed by atoms with Gasteiger partial charge in [-0.05, 0) is 43.3 Å². The molecule has 0 unspecified atom stereocenters. The molecule has 3 aromatic rings. The van der Waals surface area contributed by atoms with Crippen LogP contribution in [0.3, 0.4) is 0 Å². The average molecular weight is 401 g/mol. The van der Waals surface area contributed by atoms with E-state index in [9.17, 15) is 4.79 Å². The molecule has 7 heteroatoms. The van der Waals surface area contributed by atoms with Gasteiger partial charge in [0, 0.05) is 30.9 Å². The lowest BCUT2D eigenvalue weighted by Gasteiger charge is -2.35. The van der Waals surface area contributed by atoms with Crippen LogP contribution in [-0.2, 0) is 0 Å². The van der Waals surface area contributed by atoms with E-state index in [4.69, 9.17) is 23.2 Å². The predicted octanol–water partition coefficient (Wildman–Crippen LogP) is 4.58. The van der Waals surface area contributed by atoms with Crippen LogP contribution in [0, 0.1) is 6.92 Å². The summed E-state index contributed by atoms with van der Waals surface area (Å²) in [4.78, 5) is 17.1. The topological polar surface area (TPSA) is 41.4 Å². The van der Waals surface area contributed by atoms with Crippen molar-refractivity contribution in [3.05, 3.63) is 70.0 Å². The second-order valence-corrected chi connectivity index (χ2v) is 7.39. The Morgan fingerprint density at radius 2 is 1.74 bits per heavy atom. The maximum Gasteiger partial charge on any atom is 0.278 e. The Bertz CT molecular complexity index is 1030. The van der Waals surface area contributed by atoms with Gasteiger partial charge in [0.1, 0.15) is 0 Å². The highest BCUT2D eigenvalue weighted by molar-refractivity contribution is 6.35. The summed E-state index contributed by atoms with van der Waals surface area (Å²) in [5, 5.41) is 5.56. The minimum Gasteiger partial charge on any atom is -0.371 e. The highest BCUT2D eigenvalue weighted by atomic mass is 35.5. The van der Waals surface area contributed by atoms with E-state index in [1.54, 1.807) is 33.8 Å². The molecule has 0 spiro atoms. The SMILES string of the molecule is Cc1cc(C(=O)N2CCN(C)c3ccccc32)nn1-c1ccc(Cl)cc1Cl. The molecule has 4 rings (SSSR count). The van der Waals surface area contributed by atoms with E-state index < -0.39 is 0 Å². The van der Waals surface area contributed by atoms with Crippen molar-refractivity contribution >= 4 is 40.5 Å². The number of benzene rings is 2. The minimum atomic E-state index is -0.123. The fourth-order valence-electron chi connectivity index (χ4n) is 3.33. The number of carbonyl (C=O) groups excluding carboxylic acids is 1. The third-order valence-corrected chi connectivity index (χ3v) is 5.27. The molecule has 0 saturated carbocycles. The first-order valence-corrected chi connectivity index (χ1v) is 9.35. The number of para-hydroxylation sites is 2.